The molecule has 3 N–H and O–H groups in total. The van der Waals surface area contributed by atoms with Crippen molar-refractivity contribution in [3.63, 3.8) is 0 Å². The smallest absolute Gasteiger partial charge is 0.240 e. The van der Waals surface area contributed by atoms with Crippen LogP contribution in [0.5, 0.6) is 0 Å². The number of halogens is 1. The number of benzene rings is 1. The third kappa shape index (κ3) is 4.26. The lowest BCUT2D eigenvalue weighted by Gasteiger charge is -2.23. The number of thiocarbonyl (C=S) groups is 1. The van der Waals surface area contributed by atoms with Crippen LogP contribution in [0.1, 0.15) is 12.0 Å². The zero-order valence-electron chi connectivity index (χ0n) is 12.0. The van der Waals surface area contributed by atoms with Gasteiger partial charge in [-0.1, -0.05) is 0 Å². The largest absolute Gasteiger partial charge is 0.374 e. The minimum atomic E-state index is -0.382. The van der Waals surface area contributed by atoms with Gasteiger partial charge in [0.15, 0.2) is 5.11 Å². The van der Waals surface area contributed by atoms with E-state index in [-0.39, 0.29) is 23.3 Å². The van der Waals surface area contributed by atoms with Crippen LogP contribution in [-0.4, -0.2) is 20.8 Å². The van der Waals surface area contributed by atoms with E-state index in [4.69, 9.17) is 18.0 Å². The standard InChI is InChI=1S/C14H16FN5OS/c1-10-8-17-19(9-10)7-6-13(21)18-20(14(16)22)12-4-2-11(15)3-5-12/h2-5,8-9H,6-7H2,1H3,(H2,16,22)(H,18,21). The maximum Gasteiger partial charge on any atom is 0.240 e. The molecule has 0 saturated carbocycles. The van der Waals surface area contributed by atoms with E-state index in [1.165, 1.54) is 29.3 Å². The van der Waals surface area contributed by atoms with Crippen LogP contribution in [0.2, 0.25) is 0 Å². The van der Waals surface area contributed by atoms with Crippen molar-refractivity contribution in [2.45, 2.75) is 19.9 Å². The average Bonchev–Trinajstić information content (AvgIpc) is 2.89. The summed E-state index contributed by atoms with van der Waals surface area (Å²) in [6.07, 6.45) is 3.78. The second-order valence-corrected chi connectivity index (χ2v) is 5.13. The quantitative estimate of drug-likeness (QED) is 0.659. The second-order valence-electron chi connectivity index (χ2n) is 4.72. The molecule has 1 aromatic heterocycles. The van der Waals surface area contributed by atoms with Crippen molar-refractivity contribution in [1.82, 2.24) is 15.2 Å². The van der Waals surface area contributed by atoms with Gasteiger partial charge in [0.2, 0.25) is 5.91 Å². The highest BCUT2D eigenvalue weighted by molar-refractivity contribution is 7.80. The molecule has 1 amide bonds. The fourth-order valence-electron chi connectivity index (χ4n) is 1.82. The molecule has 22 heavy (non-hydrogen) atoms. The molecule has 0 aliphatic heterocycles. The molecular formula is C14H16FN5OS. The van der Waals surface area contributed by atoms with Crippen LogP contribution in [-0.2, 0) is 11.3 Å². The second kappa shape index (κ2) is 6.99. The number of hydrogen-bond donors (Lipinski definition) is 2. The molecule has 0 atom stereocenters. The van der Waals surface area contributed by atoms with Crippen molar-refractivity contribution >= 4 is 28.9 Å². The van der Waals surface area contributed by atoms with Gasteiger partial charge in [0.25, 0.3) is 0 Å². The molecule has 8 heteroatoms. The zero-order chi connectivity index (χ0) is 16.1. The first-order chi connectivity index (χ1) is 10.5. The number of nitrogens with one attached hydrogen (secondary N) is 1. The SMILES string of the molecule is Cc1cnn(CCC(=O)NN(C(N)=S)c2ccc(F)cc2)c1. The molecule has 2 aromatic rings. The summed E-state index contributed by atoms with van der Waals surface area (Å²) in [6.45, 7) is 2.36. The number of rotatable bonds is 4. The summed E-state index contributed by atoms with van der Waals surface area (Å²) in [5.41, 5.74) is 9.70. The van der Waals surface area contributed by atoms with Crippen molar-refractivity contribution in [3.05, 3.63) is 48.0 Å². The van der Waals surface area contributed by atoms with Crippen LogP contribution in [0, 0.1) is 12.7 Å². The van der Waals surface area contributed by atoms with E-state index in [0.29, 0.717) is 12.2 Å². The van der Waals surface area contributed by atoms with Gasteiger partial charge in [-0.3, -0.25) is 14.9 Å². The van der Waals surface area contributed by atoms with Gasteiger partial charge in [-0.15, -0.1) is 0 Å². The lowest BCUT2D eigenvalue weighted by molar-refractivity contribution is -0.121. The molecule has 0 aliphatic rings. The molecule has 2 rings (SSSR count). The maximum atomic E-state index is 12.9. The number of carbonyl (C=O) groups excluding carboxylic acids is 1. The van der Waals surface area contributed by atoms with Crippen molar-refractivity contribution in [3.8, 4) is 0 Å². The lowest BCUT2D eigenvalue weighted by atomic mass is 10.3. The Morgan fingerprint density at radius 1 is 1.45 bits per heavy atom. The molecule has 116 valence electrons. The zero-order valence-corrected chi connectivity index (χ0v) is 12.8. The van der Waals surface area contributed by atoms with E-state index in [1.54, 1.807) is 10.9 Å². The molecular weight excluding hydrogens is 305 g/mol. The van der Waals surface area contributed by atoms with Crippen LogP contribution < -0.4 is 16.2 Å². The van der Waals surface area contributed by atoms with Gasteiger partial charge in [-0.25, -0.2) is 9.40 Å². The Balaban J connectivity index is 1.97. The van der Waals surface area contributed by atoms with E-state index >= 15 is 0 Å². The van der Waals surface area contributed by atoms with Gasteiger partial charge in [0, 0.05) is 19.2 Å². The summed E-state index contributed by atoms with van der Waals surface area (Å²) in [5, 5.41) is 5.31. The van der Waals surface area contributed by atoms with Gasteiger partial charge < -0.3 is 5.73 Å². The summed E-state index contributed by atoms with van der Waals surface area (Å²) in [4.78, 5) is 12.0. The number of hydrogen-bond acceptors (Lipinski definition) is 3. The van der Waals surface area contributed by atoms with E-state index < -0.39 is 0 Å². The predicted molar refractivity (Wildman–Crippen MR) is 85.4 cm³/mol. The van der Waals surface area contributed by atoms with Crippen molar-refractivity contribution in [1.29, 1.82) is 0 Å². The molecule has 6 nitrogen and oxygen atoms in total. The normalized spacial score (nSPS) is 10.3. The molecule has 0 aliphatic carbocycles. The fourth-order valence-corrected chi connectivity index (χ4v) is 1.97. The fraction of sp³-hybridized carbons (Fsp3) is 0.214. The van der Waals surface area contributed by atoms with Crippen molar-refractivity contribution in [2.75, 3.05) is 5.01 Å². The Labute approximate surface area is 132 Å². The number of amides is 1. The minimum absolute atomic E-state index is 0.0325. The van der Waals surface area contributed by atoms with Gasteiger partial charge in [0.05, 0.1) is 11.9 Å². The maximum absolute atomic E-state index is 12.9. The Morgan fingerprint density at radius 3 is 2.68 bits per heavy atom. The molecule has 0 spiro atoms. The first-order valence-electron chi connectivity index (χ1n) is 6.59. The van der Waals surface area contributed by atoms with Crippen LogP contribution in [0.3, 0.4) is 0 Å². The molecule has 0 fully saturated rings. The number of nitrogens with two attached hydrogens (primary N) is 1. The number of anilines is 1. The van der Waals surface area contributed by atoms with Gasteiger partial charge in [0.1, 0.15) is 5.82 Å². The Morgan fingerprint density at radius 2 is 2.14 bits per heavy atom. The minimum Gasteiger partial charge on any atom is -0.374 e. The van der Waals surface area contributed by atoms with E-state index in [2.05, 4.69) is 10.5 Å². The Hall–Kier alpha value is -2.48. The number of aryl methyl sites for hydroxylation is 2. The van der Waals surface area contributed by atoms with Crippen LogP contribution in [0.25, 0.3) is 0 Å². The van der Waals surface area contributed by atoms with Gasteiger partial charge in [-0.2, -0.15) is 5.10 Å². The Kier molecular flexibility index (Phi) is 5.05. The third-order valence-corrected chi connectivity index (χ3v) is 3.05. The number of nitrogens with zero attached hydrogens (tertiary/aromatic N) is 3. The third-order valence-electron chi connectivity index (χ3n) is 2.87. The number of carbonyl (C=O) groups is 1. The highest BCUT2D eigenvalue weighted by Gasteiger charge is 2.13. The summed E-state index contributed by atoms with van der Waals surface area (Å²) in [6, 6.07) is 5.48. The summed E-state index contributed by atoms with van der Waals surface area (Å²) in [5.74, 6) is -0.655. The highest BCUT2D eigenvalue weighted by atomic mass is 32.1. The number of aromatic nitrogens is 2. The summed E-state index contributed by atoms with van der Waals surface area (Å²) >= 11 is 4.91. The highest BCUT2D eigenvalue weighted by Crippen LogP contribution is 2.13. The molecule has 1 heterocycles. The Bertz CT molecular complexity index is 670. The van der Waals surface area contributed by atoms with E-state index in [1.807, 2.05) is 13.1 Å². The van der Waals surface area contributed by atoms with Crippen LogP contribution in [0.15, 0.2) is 36.7 Å². The lowest BCUT2D eigenvalue weighted by Crippen LogP contribution is -2.49. The predicted octanol–water partition coefficient (Wildman–Crippen LogP) is 1.50. The molecule has 0 radical (unpaired) electrons. The first-order valence-corrected chi connectivity index (χ1v) is 7.00. The van der Waals surface area contributed by atoms with E-state index in [0.717, 1.165) is 5.56 Å². The van der Waals surface area contributed by atoms with Gasteiger partial charge >= 0.3 is 0 Å². The summed E-state index contributed by atoms with van der Waals surface area (Å²) < 4.78 is 14.6. The van der Waals surface area contributed by atoms with Crippen molar-refractivity contribution < 1.29 is 9.18 Å². The summed E-state index contributed by atoms with van der Waals surface area (Å²) in [7, 11) is 0. The number of hydrazine groups is 1. The first kappa shape index (κ1) is 15.9. The molecule has 1 aromatic carbocycles. The van der Waals surface area contributed by atoms with Gasteiger partial charge in [-0.05, 0) is 49.0 Å². The van der Waals surface area contributed by atoms with Crippen molar-refractivity contribution in [2.24, 2.45) is 5.73 Å². The van der Waals surface area contributed by atoms with Crippen LogP contribution in [0.4, 0.5) is 10.1 Å². The monoisotopic (exact) mass is 321 g/mol. The molecule has 0 unspecified atom stereocenters. The van der Waals surface area contributed by atoms with E-state index in [9.17, 15) is 9.18 Å². The molecule has 0 saturated heterocycles. The van der Waals surface area contributed by atoms with Crippen LogP contribution >= 0.6 is 12.2 Å². The molecule has 0 bridgehead atoms. The topological polar surface area (TPSA) is 76.2 Å². The average molecular weight is 321 g/mol.